The first-order valence-electron chi connectivity index (χ1n) is 6.22. The zero-order chi connectivity index (χ0) is 15.6. The van der Waals surface area contributed by atoms with Gasteiger partial charge in [0, 0.05) is 16.5 Å². The highest BCUT2D eigenvalue weighted by atomic mass is 32.2. The van der Waals surface area contributed by atoms with Crippen molar-refractivity contribution in [2.24, 2.45) is 0 Å². The van der Waals surface area contributed by atoms with Gasteiger partial charge in [-0.15, -0.1) is 0 Å². The molecule has 0 aromatic heterocycles. The van der Waals surface area contributed by atoms with Gasteiger partial charge < -0.3 is 5.32 Å². The lowest BCUT2D eigenvalue weighted by Crippen LogP contribution is -2.22. The molecule has 0 fully saturated rings. The Balaban J connectivity index is 2.99. The van der Waals surface area contributed by atoms with Gasteiger partial charge in [0.2, 0.25) is 0 Å². The average Bonchev–Trinajstić information content (AvgIpc) is 2.28. The molecule has 1 aromatic carbocycles. The summed E-state index contributed by atoms with van der Waals surface area (Å²) in [5.74, 6) is -0.622. The minimum Gasteiger partial charge on any atom is -0.312 e. The lowest BCUT2D eigenvalue weighted by atomic mass is 10.0. The third kappa shape index (κ3) is 4.98. The van der Waals surface area contributed by atoms with E-state index in [1.54, 1.807) is 18.8 Å². The van der Waals surface area contributed by atoms with Crippen LogP contribution in [0.5, 0.6) is 0 Å². The smallest absolute Gasteiger partial charge is 0.312 e. The van der Waals surface area contributed by atoms with Crippen LogP contribution < -0.4 is 5.32 Å². The summed E-state index contributed by atoms with van der Waals surface area (Å²) in [6.45, 7) is 6.11. The highest BCUT2D eigenvalue weighted by Gasteiger charge is 2.34. The van der Waals surface area contributed by atoms with Gasteiger partial charge in [-0.25, -0.2) is 4.39 Å². The predicted molar refractivity (Wildman–Crippen MR) is 75.4 cm³/mol. The molecule has 1 rings (SSSR count). The molecule has 20 heavy (non-hydrogen) atoms. The molecule has 1 nitrogen and oxygen atoms in total. The van der Waals surface area contributed by atoms with E-state index in [0.29, 0.717) is 11.3 Å². The molecule has 0 amide bonds. The maximum absolute atomic E-state index is 13.3. The molecule has 1 unspecified atom stereocenters. The van der Waals surface area contributed by atoms with Crippen molar-refractivity contribution in [1.82, 2.24) is 5.32 Å². The van der Waals surface area contributed by atoms with Crippen molar-refractivity contribution >= 4 is 11.8 Å². The van der Waals surface area contributed by atoms with E-state index in [0.717, 1.165) is 12.1 Å². The van der Waals surface area contributed by atoms with Crippen molar-refractivity contribution in [2.45, 2.75) is 37.7 Å². The summed E-state index contributed by atoms with van der Waals surface area (Å²) in [7, 11) is 1.69. The summed E-state index contributed by atoms with van der Waals surface area (Å²) >= 11 is 1.64. The molecule has 0 saturated carbocycles. The second-order valence-electron chi connectivity index (χ2n) is 5.50. The first-order chi connectivity index (χ1) is 9.04. The van der Waals surface area contributed by atoms with E-state index in [2.05, 4.69) is 5.32 Å². The molecule has 1 aromatic rings. The Bertz CT molecular complexity index is 451. The first kappa shape index (κ1) is 17.3. The highest BCUT2D eigenvalue weighted by Crippen LogP contribution is 2.34. The summed E-state index contributed by atoms with van der Waals surface area (Å²) in [5, 5.41) is 2.98. The van der Waals surface area contributed by atoms with Gasteiger partial charge in [-0.1, -0.05) is 26.8 Å². The Morgan fingerprint density at radius 2 is 1.80 bits per heavy atom. The number of thioether (sulfide) groups is 1. The second kappa shape index (κ2) is 6.35. The number of halogens is 4. The van der Waals surface area contributed by atoms with E-state index < -0.39 is 17.6 Å². The normalized spacial score (nSPS) is 14.4. The summed E-state index contributed by atoms with van der Waals surface area (Å²) in [4.78, 5) is 0. The van der Waals surface area contributed by atoms with E-state index in [1.165, 1.54) is 6.07 Å². The van der Waals surface area contributed by atoms with Crippen LogP contribution in [0.2, 0.25) is 0 Å². The third-order valence-electron chi connectivity index (χ3n) is 2.73. The van der Waals surface area contributed by atoms with Gasteiger partial charge in [0.15, 0.2) is 0 Å². The standard InChI is InChI=1S/C14H19F4NS/c1-13(2,3)20-8-12(19-4)9-5-6-11(15)10(7-9)14(16,17)18/h5-7,12,19H,8H2,1-4H3. The SMILES string of the molecule is CNC(CSC(C)(C)C)c1ccc(F)c(C(F)(F)F)c1. The predicted octanol–water partition coefficient (Wildman–Crippen LogP) is 4.64. The van der Waals surface area contributed by atoms with Crippen LogP contribution in [0.4, 0.5) is 17.6 Å². The molecule has 0 saturated heterocycles. The molecule has 6 heteroatoms. The number of hydrogen-bond donors (Lipinski definition) is 1. The Morgan fingerprint density at radius 1 is 1.20 bits per heavy atom. The number of rotatable bonds is 4. The fourth-order valence-corrected chi connectivity index (χ4v) is 2.68. The first-order valence-corrected chi connectivity index (χ1v) is 7.21. The highest BCUT2D eigenvalue weighted by molar-refractivity contribution is 8.00. The summed E-state index contributed by atoms with van der Waals surface area (Å²) in [6, 6.07) is 2.92. The molecule has 0 spiro atoms. The number of alkyl halides is 3. The van der Waals surface area contributed by atoms with E-state index in [-0.39, 0.29) is 10.8 Å². The van der Waals surface area contributed by atoms with Crippen molar-refractivity contribution in [2.75, 3.05) is 12.8 Å². The summed E-state index contributed by atoms with van der Waals surface area (Å²) in [6.07, 6.45) is -4.67. The fourth-order valence-electron chi connectivity index (χ4n) is 1.66. The molecule has 1 atom stereocenters. The zero-order valence-electron chi connectivity index (χ0n) is 11.9. The van der Waals surface area contributed by atoms with E-state index in [9.17, 15) is 17.6 Å². The van der Waals surface area contributed by atoms with Gasteiger partial charge in [0.25, 0.3) is 0 Å². The van der Waals surface area contributed by atoms with Gasteiger partial charge in [0.05, 0.1) is 5.56 Å². The van der Waals surface area contributed by atoms with Crippen LogP contribution in [0.25, 0.3) is 0 Å². The maximum Gasteiger partial charge on any atom is 0.419 e. The fraction of sp³-hybridized carbons (Fsp3) is 0.571. The molecule has 0 radical (unpaired) electrons. The van der Waals surface area contributed by atoms with Crippen molar-refractivity contribution in [3.63, 3.8) is 0 Å². The molecule has 0 aliphatic carbocycles. The Labute approximate surface area is 121 Å². The quantitative estimate of drug-likeness (QED) is 0.813. The van der Waals surface area contributed by atoms with E-state index >= 15 is 0 Å². The van der Waals surface area contributed by atoms with Crippen LogP contribution in [0.3, 0.4) is 0 Å². The minimum absolute atomic E-state index is 0.0159. The maximum atomic E-state index is 13.3. The lowest BCUT2D eigenvalue weighted by Gasteiger charge is -2.23. The lowest BCUT2D eigenvalue weighted by molar-refractivity contribution is -0.140. The summed E-state index contributed by atoms with van der Waals surface area (Å²) in [5.41, 5.74) is -0.769. The Kier molecular flexibility index (Phi) is 5.49. The van der Waals surface area contributed by atoms with Gasteiger partial charge >= 0.3 is 6.18 Å². The van der Waals surface area contributed by atoms with Crippen molar-refractivity contribution in [1.29, 1.82) is 0 Å². The molecular formula is C14H19F4NS. The van der Waals surface area contributed by atoms with Crippen molar-refractivity contribution in [3.8, 4) is 0 Å². The molecule has 0 heterocycles. The topological polar surface area (TPSA) is 12.0 Å². The zero-order valence-corrected chi connectivity index (χ0v) is 12.8. The van der Waals surface area contributed by atoms with Crippen LogP contribution in [0.15, 0.2) is 18.2 Å². The number of nitrogens with one attached hydrogen (secondary N) is 1. The second-order valence-corrected chi connectivity index (χ2v) is 7.35. The molecule has 1 N–H and O–H groups in total. The molecule has 0 aliphatic rings. The minimum atomic E-state index is -4.67. The van der Waals surface area contributed by atoms with Crippen LogP contribution in [0.1, 0.15) is 37.9 Å². The van der Waals surface area contributed by atoms with Gasteiger partial charge in [-0.2, -0.15) is 24.9 Å². The Hall–Kier alpha value is -0.750. The monoisotopic (exact) mass is 309 g/mol. The van der Waals surface area contributed by atoms with Crippen molar-refractivity contribution in [3.05, 3.63) is 35.1 Å². The molecule has 0 aliphatic heterocycles. The summed E-state index contributed by atoms with van der Waals surface area (Å²) < 4.78 is 51.4. The van der Waals surface area contributed by atoms with E-state index in [1.807, 2.05) is 20.8 Å². The van der Waals surface area contributed by atoms with Gasteiger partial charge in [-0.3, -0.25) is 0 Å². The van der Waals surface area contributed by atoms with E-state index in [4.69, 9.17) is 0 Å². The number of benzene rings is 1. The molecular weight excluding hydrogens is 290 g/mol. The van der Waals surface area contributed by atoms with Crippen LogP contribution in [-0.2, 0) is 6.18 Å². The average molecular weight is 309 g/mol. The number of hydrogen-bond acceptors (Lipinski definition) is 2. The van der Waals surface area contributed by atoms with Crippen LogP contribution >= 0.6 is 11.8 Å². The van der Waals surface area contributed by atoms with Crippen LogP contribution in [-0.4, -0.2) is 17.5 Å². The van der Waals surface area contributed by atoms with Crippen molar-refractivity contribution < 1.29 is 17.6 Å². The van der Waals surface area contributed by atoms with Gasteiger partial charge in [0.1, 0.15) is 5.82 Å². The van der Waals surface area contributed by atoms with Crippen LogP contribution in [0, 0.1) is 5.82 Å². The molecule has 114 valence electrons. The third-order valence-corrected chi connectivity index (χ3v) is 4.10. The van der Waals surface area contributed by atoms with Gasteiger partial charge in [-0.05, 0) is 24.7 Å². The molecule has 0 bridgehead atoms. The largest absolute Gasteiger partial charge is 0.419 e. The Morgan fingerprint density at radius 3 is 2.25 bits per heavy atom.